The highest BCUT2D eigenvalue weighted by Crippen LogP contribution is 2.42. The van der Waals surface area contributed by atoms with Gasteiger partial charge in [0.1, 0.15) is 12.1 Å². The first-order valence-electron chi connectivity index (χ1n) is 7.20. The van der Waals surface area contributed by atoms with Crippen LogP contribution in [0.2, 0.25) is 0 Å². The van der Waals surface area contributed by atoms with Crippen LogP contribution in [0.1, 0.15) is 19.8 Å². The van der Waals surface area contributed by atoms with Crippen LogP contribution in [-0.2, 0) is 0 Å². The smallest absolute Gasteiger partial charge is 0.203 e. The summed E-state index contributed by atoms with van der Waals surface area (Å²) in [6, 6.07) is 7.88. The second-order valence-electron chi connectivity index (χ2n) is 5.17. The fourth-order valence-corrected chi connectivity index (χ4v) is 2.51. The molecule has 5 nitrogen and oxygen atoms in total. The van der Waals surface area contributed by atoms with Crippen LogP contribution in [-0.4, -0.2) is 32.9 Å². The van der Waals surface area contributed by atoms with Crippen LogP contribution >= 0.6 is 0 Å². The Balaban J connectivity index is 2.19. The number of nitrogens with one attached hydrogen (secondary N) is 1. The summed E-state index contributed by atoms with van der Waals surface area (Å²) in [6.07, 6.45) is 2.12. The van der Waals surface area contributed by atoms with E-state index >= 15 is 0 Å². The number of para-hydroxylation sites is 1. The number of nitrogens with zero attached hydrogens (tertiary/aromatic N) is 1. The van der Waals surface area contributed by atoms with Gasteiger partial charge in [-0.15, -0.1) is 0 Å². The molecule has 1 aliphatic carbocycles. The number of hydrogen-bond donors (Lipinski definition) is 1. The van der Waals surface area contributed by atoms with Crippen molar-refractivity contribution in [3.05, 3.63) is 18.2 Å². The Morgan fingerprint density at radius 2 is 1.90 bits per heavy atom. The number of methoxy groups -OCH3 is 2. The largest absolute Gasteiger partial charge is 0.493 e. The first-order valence-corrected chi connectivity index (χ1v) is 7.20. The molecule has 0 radical (unpaired) electrons. The Kier molecular flexibility index (Phi) is 4.92. The Morgan fingerprint density at radius 1 is 1.29 bits per heavy atom. The van der Waals surface area contributed by atoms with Gasteiger partial charge in [-0.3, -0.25) is 5.32 Å². The van der Waals surface area contributed by atoms with E-state index in [0.29, 0.717) is 23.2 Å². The van der Waals surface area contributed by atoms with Crippen molar-refractivity contribution in [2.75, 3.05) is 27.4 Å². The third-order valence-electron chi connectivity index (χ3n) is 3.79. The van der Waals surface area contributed by atoms with Gasteiger partial charge < -0.3 is 14.2 Å². The number of ether oxygens (including phenoxy) is 3. The highest BCUT2D eigenvalue weighted by molar-refractivity contribution is 5.51. The van der Waals surface area contributed by atoms with Gasteiger partial charge in [-0.05, 0) is 37.4 Å². The van der Waals surface area contributed by atoms with Gasteiger partial charge in [0.2, 0.25) is 5.75 Å². The van der Waals surface area contributed by atoms with E-state index in [4.69, 9.17) is 14.2 Å². The molecule has 1 aliphatic rings. The highest BCUT2D eigenvalue weighted by atomic mass is 16.5. The van der Waals surface area contributed by atoms with E-state index in [1.807, 2.05) is 25.1 Å². The topological polar surface area (TPSA) is 63.5 Å². The zero-order chi connectivity index (χ0) is 15.3. The molecular weight excluding hydrogens is 268 g/mol. The molecule has 1 aromatic rings. The lowest BCUT2D eigenvalue weighted by molar-refractivity contribution is 0.191. The molecule has 0 bridgehead atoms. The molecule has 0 aromatic heterocycles. The molecule has 1 N–H and O–H groups in total. The molecule has 5 heteroatoms. The summed E-state index contributed by atoms with van der Waals surface area (Å²) in [4.78, 5) is 0. The van der Waals surface area contributed by atoms with Crippen molar-refractivity contribution in [3.8, 4) is 23.3 Å². The second-order valence-corrected chi connectivity index (χ2v) is 5.17. The molecule has 1 atom stereocenters. The number of benzene rings is 1. The van der Waals surface area contributed by atoms with E-state index < -0.39 is 5.54 Å². The third-order valence-corrected chi connectivity index (χ3v) is 3.79. The number of likely N-dealkylation sites (N-methyl/N-ethyl adjacent to an activating group) is 1. The van der Waals surface area contributed by atoms with Gasteiger partial charge in [0, 0.05) is 0 Å². The van der Waals surface area contributed by atoms with Gasteiger partial charge in [-0.1, -0.05) is 13.0 Å². The Labute approximate surface area is 125 Å². The molecule has 1 saturated carbocycles. The fourth-order valence-electron chi connectivity index (χ4n) is 2.51. The molecule has 0 saturated heterocycles. The summed E-state index contributed by atoms with van der Waals surface area (Å²) in [5.74, 6) is 2.10. The van der Waals surface area contributed by atoms with Crippen molar-refractivity contribution in [2.45, 2.75) is 25.3 Å². The normalized spacial score (nSPS) is 16.7. The average molecular weight is 290 g/mol. The SMILES string of the molecule is CCNC(C#N)(COc1c(OC)cccc1OC)C1CC1. The van der Waals surface area contributed by atoms with Crippen molar-refractivity contribution < 1.29 is 14.2 Å². The highest BCUT2D eigenvalue weighted by Gasteiger charge is 2.46. The van der Waals surface area contributed by atoms with Crippen LogP contribution in [0, 0.1) is 17.2 Å². The zero-order valence-electron chi connectivity index (χ0n) is 12.8. The van der Waals surface area contributed by atoms with E-state index in [0.717, 1.165) is 19.4 Å². The van der Waals surface area contributed by atoms with Gasteiger partial charge >= 0.3 is 0 Å². The van der Waals surface area contributed by atoms with Crippen LogP contribution < -0.4 is 19.5 Å². The van der Waals surface area contributed by atoms with Crippen LogP contribution in [0.5, 0.6) is 17.2 Å². The lowest BCUT2D eigenvalue weighted by Crippen LogP contribution is -2.50. The predicted molar refractivity (Wildman–Crippen MR) is 79.8 cm³/mol. The van der Waals surface area contributed by atoms with Gasteiger partial charge in [0.05, 0.1) is 20.3 Å². The zero-order valence-corrected chi connectivity index (χ0v) is 12.8. The van der Waals surface area contributed by atoms with E-state index in [1.165, 1.54) is 0 Å². The Bertz CT molecular complexity index is 500. The molecule has 0 amide bonds. The van der Waals surface area contributed by atoms with Crippen molar-refractivity contribution in [1.29, 1.82) is 5.26 Å². The van der Waals surface area contributed by atoms with E-state index in [2.05, 4.69) is 11.4 Å². The molecule has 2 rings (SSSR count). The summed E-state index contributed by atoms with van der Waals surface area (Å²) in [7, 11) is 3.18. The number of rotatable bonds is 8. The van der Waals surface area contributed by atoms with Gasteiger partial charge in [0.15, 0.2) is 11.5 Å². The summed E-state index contributed by atoms with van der Waals surface area (Å²) >= 11 is 0. The van der Waals surface area contributed by atoms with Crippen LogP contribution in [0.15, 0.2) is 18.2 Å². The van der Waals surface area contributed by atoms with Crippen molar-refractivity contribution in [2.24, 2.45) is 5.92 Å². The molecule has 1 fully saturated rings. The molecule has 1 unspecified atom stereocenters. The quantitative estimate of drug-likeness (QED) is 0.796. The van der Waals surface area contributed by atoms with Gasteiger partial charge in [-0.25, -0.2) is 0 Å². The Hall–Kier alpha value is -1.93. The van der Waals surface area contributed by atoms with Crippen LogP contribution in [0.3, 0.4) is 0 Å². The standard InChI is InChI=1S/C16H22N2O3/c1-4-18-16(10-17,12-8-9-12)11-21-15-13(19-2)6-5-7-14(15)20-3/h5-7,12,18H,4,8-9,11H2,1-3H3. The van der Waals surface area contributed by atoms with E-state index in [1.54, 1.807) is 14.2 Å². The first kappa shape index (κ1) is 15.5. The maximum atomic E-state index is 9.59. The molecule has 21 heavy (non-hydrogen) atoms. The van der Waals surface area contributed by atoms with Crippen molar-refractivity contribution in [1.82, 2.24) is 5.32 Å². The second kappa shape index (κ2) is 6.68. The summed E-state index contributed by atoms with van der Waals surface area (Å²) in [5.41, 5.74) is -0.638. The minimum absolute atomic E-state index is 0.277. The maximum Gasteiger partial charge on any atom is 0.203 e. The van der Waals surface area contributed by atoms with Gasteiger partial charge in [0.25, 0.3) is 0 Å². The third kappa shape index (κ3) is 3.22. The van der Waals surface area contributed by atoms with Crippen LogP contribution in [0.4, 0.5) is 0 Å². The maximum absolute atomic E-state index is 9.59. The first-order chi connectivity index (χ1) is 10.2. The average Bonchev–Trinajstić information content (AvgIpc) is 3.36. The van der Waals surface area contributed by atoms with Gasteiger partial charge in [-0.2, -0.15) is 5.26 Å². The molecule has 0 heterocycles. The Morgan fingerprint density at radius 3 is 2.33 bits per heavy atom. The van der Waals surface area contributed by atoms with E-state index in [9.17, 15) is 5.26 Å². The molecule has 0 spiro atoms. The molecule has 0 aliphatic heterocycles. The summed E-state index contributed by atoms with van der Waals surface area (Å²) in [6.45, 7) is 3.01. The monoisotopic (exact) mass is 290 g/mol. The van der Waals surface area contributed by atoms with E-state index in [-0.39, 0.29) is 6.61 Å². The summed E-state index contributed by atoms with van der Waals surface area (Å²) in [5, 5.41) is 12.9. The minimum atomic E-state index is -0.638. The van der Waals surface area contributed by atoms with Crippen molar-refractivity contribution >= 4 is 0 Å². The lowest BCUT2D eigenvalue weighted by Gasteiger charge is -2.28. The number of hydrogen-bond acceptors (Lipinski definition) is 5. The van der Waals surface area contributed by atoms with Crippen LogP contribution in [0.25, 0.3) is 0 Å². The van der Waals surface area contributed by atoms with Crippen molar-refractivity contribution in [3.63, 3.8) is 0 Å². The lowest BCUT2D eigenvalue weighted by atomic mass is 9.96. The fraction of sp³-hybridized carbons (Fsp3) is 0.562. The predicted octanol–water partition coefficient (Wildman–Crippen LogP) is 2.36. The number of nitriles is 1. The molecule has 1 aromatic carbocycles. The molecule has 114 valence electrons. The summed E-state index contributed by atoms with van der Waals surface area (Å²) < 4.78 is 16.6. The molecular formula is C16H22N2O3. The minimum Gasteiger partial charge on any atom is -0.493 e.